The Morgan fingerprint density at radius 3 is 3.12 bits per heavy atom. The molecule has 1 aromatic heterocycles. The summed E-state index contributed by atoms with van der Waals surface area (Å²) in [5, 5.41) is 8.83. The molecule has 0 spiro atoms. The van der Waals surface area contributed by atoms with Crippen LogP contribution in [0.25, 0.3) is 0 Å². The molecule has 1 saturated heterocycles. The average Bonchev–Trinajstić information content (AvgIpc) is 2.69. The summed E-state index contributed by atoms with van der Waals surface area (Å²) in [7, 11) is 1.66. The lowest BCUT2D eigenvalue weighted by atomic mass is 10.1. The molecule has 0 bridgehead atoms. The number of carbonyl (C=O) groups is 1. The average molecular weight is 237 g/mol. The minimum atomic E-state index is -0.838. The van der Waals surface area contributed by atoms with Crippen molar-refractivity contribution in [1.29, 1.82) is 0 Å². The van der Waals surface area contributed by atoms with Crippen molar-refractivity contribution in [3.8, 4) is 0 Å². The predicted octanol–water partition coefficient (Wildman–Crippen LogP) is 0.224. The van der Waals surface area contributed by atoms with Gasteiger partial charge in [0.15, 0.2) is 5.82 Å². The van der Waals surface area contributed by atoms with Crippen molar-refractivity contribution in [2.24, 2.45) is 7.05 Å². The van der Waals surface area contributed by atoms with Crippen molar-refractivity contribution in [1.82, 2.24) is 9.55 Å². The highest BCUT2D eigenvalue weighted by Gasteiger charge is 2.29. The van der Waals surface area contributed by atoms with Crippen LogP contribution in [-0.2, 0) is 11.8 Å². The minimum Gasteiger partial charge on any atom is -0.481 e. The number of carboxylic acids is 1. The van der Waals surface area contributed by atoms with Crippen LogP contribution in [-0.4, -0.2) is 33.2 Å². The lowest BCUT2D eigenvalue weighted by Gasteiger charge is -2.23. The summed E-state index contributed by atoms with van der Waals surface area (Å²) < 4.78 is 1.46. The maximum absolute atomic E-state index is 11.9. The molecule has 1 unspecified atom stereocenters. The van der Waals surface area contributed by atoms with Crippen LogP contribution < -0.4 is 10.5 Å². The molecule has 6 nitrogen and oxygen atoms in total. The van der Waals surface area contributed by atoms with E-state index in [1.807, 2.05) is 4.90 Å². The van der Waals surface area contributed by atoms with Gasteiger partial charge in [0.05, 0.1) is 6.42 Å². The molecule has 1 N–H and O–H groups in total. The highest BCUT2D eigenvalue weighted by atomic mass is 16.4. The number of nitrogens with zero attached hydrogens (tertiary/aromatic N) is 3. The number of anilines is 1. The molecule has 92 valence electrons. The zero-order chi connectivity index (χ0) is 12.4. The Balaban J connectivity index is 2.29. The number of aryl methyl sites for hydroxylation is 1. The number of rotatable bonds is 3. The van der Waals surface area contributed by atoms with Gasteiger partial charge < -0.3 is 14.6 Å². The molecule has 2 heterocycles. The van der Waals surface area contributed by atoms with Gasteiger partial charge in [0, 0.05) is 32.0 Å². The molecular weight excluding hydrogens is 222 g/mol. The normalized spacial score (nSPS) is 19.6. The van der Waals surface area contributed by atoms with Gasteiger partial charge in [0.25, 0.3) is 5.56 Å². The molecule has 1 aromatic rings. The molecule has 17 heavy (non-hydrogen) atoms. The SMILES string of the molecule is Cn1ccnc(N2CCCC2CC(=O)O)c1=O. The predicted molar refractivity (Wildman–Crippen MR) is 62.1 cm³/mol. The summed E-state index contributed by atoms with van der Waals surface area (Å²) in [5.41, 5.74) is -0.176. The van der Waals surface area contributed by atoms with Crippen LogP contribution in [0.4, 0.5) is 5.82 Å². The molecule has 1 atom stereocenters. The van der Waals surface area contributed by atoms with Gasteiger partial charge >= 0.3 is 5.97 Å². The van der Waals surface area contributed by atoms with Crippen LogP contribution >= 0.6 is 0 Å². The molecule has 1 aliphatic rings. The quantitative estimate of drug-likeness (QED) is 0.814. The Hall–Kier alpha value is -1.85. The van der Waals surface area contributed by atoms with Crippen LogP contribution in [0.5, 0.6) is 0 Å². The van der Waals surface area contributed by atoms with Gasteiger partial charge in [-0.2, -0.15) is 0 Å². The van der Waals surface area contributed by atoms with Gasteiger partial charge in [-0.15, -0.1) is 0 Å². The van der Waals surface area contributed by atoms with Crippen molar-refractivity contribution < 1.29 is 9.90 Å². The topological polar surface area (TPSA) is 75.4 Å². The molecule has 1 fully saturated rings. The molecule has 0 saturated carbocycles. The van der Waals surface area contributed by atoms with E-state index in [1.165, 1.54) is 4.57 Å². The van der Waals surface area contributed by atoms with Crippen LogP contribution in [0.15, 0.2) is 17.2 Å². The van der Waals surface area contributed by atoms with Crippen LogP contribution in [0.2, 0.25) is 0 Å². The van der Waals surface area contributed by atoms with Gasteiger partial charge in [0.1, 0.15) is 0 Å². The number of hydrogen-bond acceptors (Lipinski definition) is 4. The van der Waals surface area contributed by atoms with Gasteiger partial charge in [-0.1, -0.05) is 0 Å². The lowest BCUT2D eigenvalue weighted by molar-refractivity contribution is -0.137. The third-order valence-corrected chi connectivity index (χ3v) is 3.06. The summed E-state index contributed by atoms with van der Waals surface area (Å²) >= 11 is 0. The van der Waals surface area contributed by atoms with E-state index in [9.17, 15) is 9.59 Å². The van der Waals surface area contributed by atoms with E-state index in [4.69, 9.17) is 5.11 Å². The van der Waals surface area contributed by atoms with Crippen LogP contribution in [0, 0.1) is 0 Å². The fraction of sp³-hybridized carbons (Fsp3) is 0.545. The number of aliphatic carboxylic acids is 1. The van der Waals surface area contributed by atoms with Gasteiger partial charge in [0.2, 0.25) is 0 Å². The van der Waals surface area contributed by atoms with Crippen molar-refractivity contribution in [3.05, 3.63) is 22.7 Å². The fourth-order valence-electron chi connectivity index (χ4n) is 2.21. The van der Waals surface area contributed by atoms with Crippen LogP contribution in [0.3, 0.4) is 0 Å². The summed E-state index contributed by atoms with van der Waals surface area (Å²) in [6, 6.07) is -0.116. The first kappa shape index (κ1) is 11.6. The second kappa shape index (κ2) is 4.57. The first-order chi connectivity index (χ1) is 8.09. The molecule has 1 aliphatic heterocycles. The van der Waals surface area contributed by atoms with E-state index in [-0.39, 0.29) is 18.0 Å². The van der Waals surface area contributed by atoms with Crippen molar-refractivity contribution in [2.75, 3.05) is 11.4 Å². The zero-order valence-electron chi connectivity index (χ0n) is 9.67. The third kappa shape index (κ3) is 2.30. The van der Waals surface area contributed by atoms with E-state index in [0.717, 1.165) is 12.8 Å². The summed E-state index contributed by atoms with van der Waals surface area (Å²) in [4.78, 5) is 28.5. The molecule has 0 aromatic carbocycles. The fourth-order valence-corrected chi connectivity index (χ4v) is 2.21. The lowest BCUT2D eigenvalue weighted by Crippen LogP contribution is -2.37. The second-order valence-corrected chi connectivity index (χ2v) is 4.25. The van der Waals surface area contributed by atoms with Crippen molar-refractivity contribution in [2.45, 2.75) is 25.3 Å². The molecule has 0 aliphatic carbocycles. The third-order valence-electron chi connectivity index (χ3n) is 3.06. The van der Waals surface area contributed by atoms with E-state index in [2.05, 4.69) is 4.98 Å². The van der Waals surface area contributed by atoms with Gasteiger partial charge in [-0.3, -0.25) is 9.59 Å². The summed E-state index contributed by atoms with van der Waals surface area (Å²) in [6.07, 6.45) is 4.91. The van der Waals surface area contributed by atoms with Crippen molar-refractivity contribution >= 4 is 11.8 Å². The Kier molecular flexibility index (Phi) is 3.12. The molecule has 6 heteroatoms. The highest BCUT2D eigenvalue weighted by Crippen LogP contribution is 2.23. The smallest absolute Gasteiger partial charge is 0.305 e. The highest BCUT2D eigenvalue weighted by molar-refractivity contribution is 5.68. The molecule has 0 radical (unpaired) electrons. The maximum Gasteiger partial charge on any atom is 0.305 e. The summed E-state index contributed by atoms with van der Waals surface area (Å²) in [5.74, 6) is -0.478. The Bertz CT molecular complexity index is 483. The van der Waals surface area contributed by atoms with Crippen molar-refractivity contribution in [3.63, 3.8) is 0 Å². The van der Waals surface area contributed by atoms with Gasteiger partial charge in [-0.05, 0) is 12.8 Å². The molecular formula is C11H15N3O3. The Morgan fingerprint density at radius 2 is 2.41 bits per heavy atom. The standard InChI is InChI=1S/C11H15N3O3/c1-13-6-4-12-10(11(13)17)14-5-2-3-8(14)7-9(15)16/h4,6,8H,2-3,5,7H2,1H3,(H,15,16). The maximum atomic E-state index is 11.9. The summed E-state index contributed by atoms with van der Waals surface area (Å²) in [6.45, 7) is 0.699. The monoisotopic (exact) mass is 237 g/mol. The van der Waals surface area contributed by atoms with Gasteiger partial charge in [-0.25, -0.2) is 4.98 Å². The van der Waals surface area contributed by atoms with Crippen LogP contribution in [0.1, 0.15) is 19.3 Å². The number of aromatic nitrogens is 2. The second-order valence-electron chi connectivity index (χ2n) is 4.25. The first-order valence-corrected chi connectivity index (χ1v) is 5.59. The molecule has 2 rings (SSSR count). The Morgan fingerprint density at radius 1 is 1.65 bits per heavy atom. The molecule has 0 amide bonds. The van der Waals surface area contributed by atoms with E-state index < -0.39 is 5.97 Å². The van der Waals surface area contributed by atoms with E-state index in [0.29, 0.717) is 12.4 Å². The first-order valence-electron chi connectivity index (χ1n) is 5.59. The largest absolute Gasteiger partial charge is 0.481 e. The zero-order valence-corrected chi connectivity index (χ0v) is 9.67. The minimum absolute atomic E-state index is 0.0553. The number of hydrogen-bond donors (Lipinski definition) is 1. The van der Waals surface area contributed by atoms with E-state index >= 15 is 0 Å². The number of carboxylic acid groups (broad SMARTS) is 1. The van der Waals surface area contributed by atoms with E-state index in [1.54, 1.807) is 19.4 Å². The Labute approximate surface area is 98.5 Å².